The molecule has 0 aromatic rings. The first-order valence-electron chi connectivity index (χ1n) is 9.46. The van der Waals surface area contributed by atoms with Crippen LogP contribution in [0.3, 0.4) is 0 Å². The predicted octanol–water partition coefficient (Wildman–Crippen LogP) is 5.98. The Labute approximate surface area is 154 Å². The Hall–Kier alpha value is -0.160. The Morgan fingerprint density at radius 3 is 1.17 bits per heavy atom. The van der Waals surface area contributed by atoms with Crippen LogP contribution in [0.5, 0.6) is 0 Å². The Kier molecular flexibility index (Phi) is 72.2. The van der Waals surface area contributed by atoms with Crippen LogP contribution < -0.4 is 0 Å². The van der Waals surface area contributed by atoms with Gasteiger partial charge < -0.3 is 18.9 Å². The average molecular weight is 355 g/mol. The van der Waals surface area contributed by atoms with Crippen LogP contribution in [0.4, 0.5) is 0 Å². The van der Waals surface area contributed by atoms with Gasteiger partial charge in [-0.1, -0.05) is 47.0 Å². The van der Waals surface area contributed by atoms with Crippen LogP contribution in [0.2, 0.25) is 0 Å². The van der Waals surface area contributed by atoms with Crippen LogP contribution in [-0.2, 0) is 18.9 Å². The van der Waals surface area contributed by atoms with Crippen molar-refractivity contribution in [2.45, 2.75) is 86.7 Å². The van der Waals surface area contributed by atoms with Gasteiger partial charge in [0.2, 0.25) is 0 Å². The van der Waals surface area contributed by atoms with E-state index < -0.39 is 0 Å². The molecule has 0 heterocycles. The van der Waals surface area contributed by atoms with Gasteiger partial charge >= 0.3 is 0 Å². The molecule has 0 aromatic heterocycles. The van der Waals surface area contributed by atoms with Gasteiger partial charge in [0.25, 0.3) is 0 Å². The molecular formula is C20H50O4. The predicted molar refractivity (Wildman–Crippen MR) is 109 cm³/mol. The third-order valence-electron chi connectivity index (χ3n) is 2.51. The van der Waals surface area contributed by atoms with Gasteiger partial charge in [0.15, 0.2) is 0 Å². The van der Waals surface area contributed by atoms with Crippen molar-refractivity contribution in [2.24, 2.45) is 0 Å². The number of unbranched alkanes of at least 4 members (excludes halogenated alkanes) is 2. The summed E-state index contributed by atoms with van der Waals surface area (Å²) in [6.07, 6.45) is 6.59. The third-order valence-corrected chi connectivity index (χ3v) is 2.51. The second-order valence-corrected chi connectivity index (χ2v) is 5.02. The van der Waals surface area contributed by atoms with Gasteiger partial charge in [-0.3, -0.25) is 0 Å². The normalized spacial score (nSPS) is 9.62. The lowest BCUT2D eigenvalue weighted by molar-refractivity contribution is 0.115. The molecule has 0 saturated heterocycles. The maximum atomic E-state index is 4.90. The monoisotopic (exact) mass is 354 g/mol. The first-order chi connectivity index (χ1) is 11.5. The van der Waals surface area contributed by atoms with E-state index in [1.807, 2.05) is 13.8 Å². The van der Waals surface area contributed by atoms with Gasteiger partial charge in [0.1, 0.15) is 0 Å². The summed E-state index contributed by atoms with van der Waals surface area (Å²) in [6.45, 7) is 17.1. The molecule has 1 unspecified atom stereocenters. The van der Waals surface area contributed by atoms with E-state index in [1.54, 1.807) is 28.4 Å². The van der Waals surface area contributed by atoms with E-state index in [0.29, 0.717) is 6.10 Å². The molecule has 0 N–H and O–H groups in total. The lowest BCUT2D eigenvalue weighted by Crippen LogP contribution is -2.00. The zero-order chi connectivity index (χ0) is 20.1. The van der Waals surface area contributed by atoms with Crippen LogP contribution in [0.25, 0.3) is 0 Å². The second kappa shape index (κ2) is 49.5. The van der Waals surface area contributed by atoms with Gasteiger partial charge in [-0.15, -0.1) is 0 Å². The zero-order valence-corrected chi connectivity index (χ0v) is 18.9. The molecule has 4 nitrogen and oxygen atoms in total. The van der Waals surface area contributed by atoms with Crippen LogP contribution in [0, 0.1) is 0 Å². The summed E-state index contributed by atoms with van der Waals surface area (Å²) < 4.78 is 18.8. The smallest absolute Gasteiger partial charge is 0.0540 e. The summed E-state index contributed by atoms with van der Waals surface area (Å²) in [5, 5.41) is 0. The number of hydrogen-bond donors (Lipinski definition) is 0. The van der Waals surface area contributed by atoms with Gasteiger partial charge in [-0.25, -0.2) is 0 Å². The molecule has 1 atom stereocenters. The molecule has 0 amide bonds. The Bertz CT molecular complexity index is 117. The molecule has 0 rings (SSSR count). The van der Waals surface area contributed by atoms with Crippen LogP contribution >= 0.6 is 0 Å². The minimum absolute atomic E-state index is 0.435. The maximum absolute atomic E-state index is 4.90. The molecule has 0 spiro atoms. The van der Waals surface area contributed by atoms with Crippen molar-refractivity contribution < 1.29 is 18.9 Å². The third kappa shape index (κ3) is 98.0. The van der Waals surface area contributed by atoms with Gasteiger partial charge in [-0.05, 0) is 33.6 Å². The fourth-order valence-electron chi connectivity index (χ4n) is 0.663. The number of rotatable bonds is 8. The first-order valence-corrected chi connectivity index (χ1v) is 9.46. The highest BCUT2D eigenvalue weighted by molar-refractivity contribution is 4.38. The summed E-state index contributed by atoms with van der Waals surface area (Å²) in [5.74, 6) is 0. The van der Waals surface area contributed by atoms with Crippen molar-refractivity contribution in [1.82, 2.24) is 0 Å². The number of methoxy groups -OCH3 is 4. The van der Waals surface area contributed by atoms with Crippen molar-refractivity contribution in [1.29, 1.82) is 0 Å². The largest absolute Gasteiger partial charge is 0.385 e. The highest BCUT2D eigenvalue weighted by Gasteiger charge is 1.88. The highest BCUT2D eigenvalue weighted by Crippen LogP contribution is 1.91. The molecular weight excluding hydrogens is 304 g/mol. The van der Waals surface area contributed by atoms with Crippen molar-refractivity contribution in [2.75, 3.05) is 48.3 Å². The minimum Gasteiger partial charge on any atom is -0.385 e. The van der Waals surface area contributed by atoms with Crippen molar-refractivity contribution in [3.8, 4) is 0 Å². The highest BCUT2D eigenvalue weighted by atomic mass is 16.5. The van der Waals surface area contributed by atoms with Gasteiger partial charge in [-0.2, -0.15) is 0 Å². The lowest BCUT2D eigenvalue weighted by atomic mass is 10.3. The molecule has 0 saturated carbocycles. The van der Waals surface area contributed by atoms with Gasteiger partial charge in [0, 0.05) is 48.3 Å². The van der Waals surface area contributed by atoms with Crippen LogP contribution in [-0.4, -0.2) is 54.4 Å². The topological polar surface area (TPSA) is 36.9 Å². The Balaban J connectivity index is -0.0000000650. The molecule has 0 radical (unpaired) electrons. The Morgan fingerprint density at radius 1 is 0.667 bits per heavy atom. The quantitative estimate of drug-likeness (QED) is 0.503. The number of ether oxygens (including phenoxy) is 4. The molecule has 0 aromatic carbocycles. The number of hydrogen-bond acceptors (Lipinski definition) is 4. The zero-order valence-electron chi connectivity index (χ0n) is 18.9. The molecule has 154 valence electrons. The van der Waals surface area contributed by atoms with E-state index in [9.17, 15) is 0 Å². The lowest BCUT2D eigenvalue weighted by Gasteiger charge is -2.01. The summed E-state index contributed by atoms with van der Waals surface area (Å²) in [5.41, 5.74) is 0. The van der Waals surface area contributed by atoms with E-state index in [0.717, 1.165) is 26.2 Å². The van der Waals surface area contributed by atoms with E-state index in [4.69, 9.17) is 9.47 Å². The molecule has 0 bridgehead atoms. The minimum atomic E-state index is 0.435. The van der Waals surface area contributed by atoms with Crippen molar-refractivity contribution >= 4 is 0 Å². The molecule has 0 aliphatic carbocycles. The molecule has 0 aliphatic heterocycles. The standard InChI is InChI=1S/C6H14O.C5H12O.2C3H8O.C3H8/c1-3-4-5-6-7-2;1-4-5(2)6-3;2*1-3-4-2;1-3-2/h3-6H2,1-2H3;5H,4H2,1-3H3;2*3H2,1-2H3;3H2,1-2H3. The van der Waals surface area contributed by atoms with Gasteiger partial charge in [0.05, 0.1) is 6.10 Å². The molecule has 0 aliphatic rings. The van der Waals surface area contributed by atoms with Crippen molar-refractivity contribution in [3.05, 3.63) is 0 Å². The summed E-state index contributed by atoms with van der Waals surface area (Å²) >= 11 is 0. The van der Waals surface area contributed by atoms with E-state index in [1.165, 1.54) is 25.7 Å². The molecule has 24 heavy (non-hydrogen) atoms. The van der Waals surface area contributed by atoms with E-state index in [-0.39, 0.29) is 0 Å². The first kappa shape index (κ1) is 35.0. The average Bonchev–Trinajstić information content (AvgIpc) is 2.63. The second-order valence-electron chi connectivity index (χ2n) is 5.02. The van der Waals surface area contributed by atoms with E-state index in [2.05, 4.69) is 44.1 Å². The molecule has 0 fully saturated rings. The van der Waals surface area contributed by atoms with Crippen molar-refractivity contribution in [3.63, 3.8) is 0 Å². The fourth-order valence-corrected chi connectivity index (χ4v) is 0.663. The summed E-state index contributed by atoms with van der Waals surface area (Å²) in [6, 6.07) is 0. The Morgan fingerprint density at radius 2 is 1.04 bits per heavy atom. The summed E-state index contributed by atoms with van der Waals surface area (Å²) in [4.78, 5) is 0. The fraction of sp³-hybridized carbons (Fsp3) is 1.00. The van der Waals surface area contributed by atoms with Crippen LogP contribution in [0.15, 0.2) is 0 Å². The molecule has 4 heteroatoms. The SMILES string of the molecule is CCC.CCC(C)OC.CCCCCOC.CCOC.CCOC. The summed E-state index contributed by atoms with van der Waals surface area (Å²) in [7, 11) is 6.84. The maximum Gasteiger partial charge on any atom is 0.0540 e. The van der Waals surface area contributed by atoms with E-state index >= 15 is 0 Å². The van der Waals surface area contributed by atoms with Crippen LogP contribution in [0.1, 0.15) is 80.6 Å².